The van der Waals surface area contributed by atoms with Gasteiger partial charge in [0.05, 0.1) is 11.9 Å². The summed E-state index contributed by atoms with van der Waals surface area (Å²) < 4.78 is 32.2. The van der Waals surface area contributed by atoms with E-state index < -0.39 is 16.2 Å². The molecule has 2 heterocycles. The van der Waals surface area contributed by atoms with Crippen LogP contribution in [0.25, 0.3) is 0 Å². The molecule has 0 spiro atoms. The Balaban J connectivity index is 0.00000171. The van der Waals surface area contributed by atoms with Gasteiger partial charge in [-0.15, -0.1) is 0 Å². The first kappa shape index (κ1) is 25.5. The zero-order valence-corrected chi connectivity index (χ0v) is 23.1. The van der Waals surface area contributed by atoms with Gasteiger partial charge in [-0.05, 0) is 93.8 Å². The molecule has 3 aliphatic rings. The van der Waals surface area contributed by atoms with Gasteiger partial charge in [-0.3, -0.25) is 4.68 Å². The number of benzene rings is 1. The molecular weight excluding hydrogens is 463 g/mol. The van der Waals surface area contributed by atoms with E-state index in [2.05, 4.69) is 26.1 Å². The predicted octanol–water partition coefficient (Wildman–Crippen LogP) is -0.519. The number of likely N-dealkylation sites (tertiary alicyclic amines) is 1. The van der Waals surface area contributed by atoms with Crippen molar-refractivity contribution in [3.8, 4) is 0 Å². The van der Waals surface area contributed by atoms with Crippen molar-refractivity contribution < 1.29 is 44.2 Å². The van der Waals surface area contributed by atoms with Crippen LogP contribution < -0.4 is 43.9 Å². The Morgan fingerprint density at radius 1 is 1.09 bits per heavy atom. The summed E-state index contributed by atoms with van der Waals surface area (Å²) >= 11 is 0. The van der Waals surface area contributed by atoms with Crippen LogP contribution in [0.1, 0.15) is 49.4 Å². The maximum Gasteiger partial charge on any atom is 1.00 e. The molecule has 1 fully saturated rings. The van der Waals surface area contributed by atoms with E-state index in [-0.39, 0.29) is 37.0 Å². The molecule has 2 aromatic rings. The normalized spacial score (nSPS) is 18.2. The van der Waals surface area contributed by atoms with E-state index in [1.807, 2.05) is 7.05 Å². The number of piperidine rings is 1. The minimum Gasteiger partial charge on any atom is -1.00 e. The summed E-state index contributed by atoms with van der Waals surface area (Å²) in [6.45, 7) is 1.59. The van der Waals surface area contributed by atoms with Crippen molar-refractivity contribution in [2.45, 2.75) is 57.4 Å². The molecule has 9 nitrogen and oxygen atoms in total. The molecule has 11 heteroatoms. The third-order valence-corrected chi connectivity index (χ3v) is 8.63. The molecule has 5 rings (SSSR count). The standard InChI is InChI=1S/C23H32N6O3S.Na.H/c1-27-11-9-18(10-12-27)29(19-14-24-28(2)15-19)33(31,32)26-23(30)25-22-20-7-3-5-16(20)13-17-6-4-8-21(17)22;;/h13-15,18H,3-12H2,1-2H3,(H2,25,26,30);;/q;+1;-1. The maximum absolute atomic E-state index is 13.5. The molecule has 0 unspecified atom stereocenters. The second kappa shape index (κ2) is 10.2. The number of aromatic nitrogens is 2. The van der Waals surface area contributed by atoms with Crippen molar-refractivity contribution in [3.63, 3.8) is 0 Å². The molecule has 0 radical (unpaired) electrons. The van der Waals surface area contributed by atoms with Gasteiger partial charge in [-0.25, -0.2) is 13.8 Å². The molecule has 1 saturated heterocycles. The van der Waals surface area contributed by atoms with Crippen molar-refractivity contribution in [2.75, 3.05) is 29.8 Å². The van der Waals surface area contributed by atoms with Crippen LogP contribution in [-0.4, -0.2) is 55.3 Å². The van der Waals surface area contributed by atoms with Gasteiger partial charge in [0.15, 0.2) is 0 Å². The second-order valence-electron chi connectivity index (χ2n) is 9.50. The molecule has 180 valence electrons. The van der Waals surface area contributed by atoms with Crippen LogP contribution >= 0.6 is 0 Å². The Morgan fingerprint density at radius 3 is 2.26 bits per heavy atom. The zero-order valence-electron chi connectivity index (χ0n) is 21.3. The molecule has 2 N–H and O–H groups in total. The van der Waals surface area contributed by atoms with E-state index in [0.717, 1.165) is 57.3 Å². The van der Waals surface area contributed by atoms with Gasteiger partial charge in [0.25, 0.3) is 0 Å². The first-order chi connectivity index (χ1) is 15.8. The fourth-order valence-corrected chi connectivity index (χ4v) is 6.93. The summed E-state index contributed by atoms with van der Waals surface area (Å²) in [6.07, 6.45) is 10.6. The smallest absolute Gasteiger partial charge is 1.00 e. The van der Waals surface area contributed by atoms with Crippen LogP contribution in [0.2, 0.25) is 0 Å². The van der Waals surface area contributed by atoms with Crippen LogP contribution in [0.15, 0.2) is 18.5 Å². The number of anilines is 2. The van der Waals surface area contributed by atoms with Gasteiger partial charge in [0, 0.05) is 25.0 Å². The van der Waals surface area contributed by atoms with Gasteiger partial charge >= 0.3 is 45.8 Å². The fourth-order valence-electron chi connectivity index (χ4n) is 5.57. The summed E-state index contributed by atoms with van der Waals surface area (Å²) in [5.41, 5.74) is 6.21. The van der Waals surface area contributed by atoms with Crippen molar-refractivity contribution in [2.24, 2.45) is 7.05 Å². The van der Waals surface area contributed by atoms with Crippen molar-refractivity contribution >= 4 is 27.6 Å². The van der Waals surface area contributed by atoms with E-state index >= 15 is 0 Å². The molecule has 1 aromatic carbocycles. The first-order valence-electron chi connectivity index (χ1n) is 11.8. The number of aryl methyl sites for hydroxylation is 3. The molecule has 0 bridgehead atoms. The molecule has 0 saturated carbocycles. The minimum atomic E-state index is -4.13. The van der Waals surface area contributed by atoms with Crippen LogP contribution in [0, 0.1) is 0 Å². The Kier molecular flexibility index (Phi) is 7.64. The van der Waals surface area contributed by atoms with E-state index in [1.165, 1.54) is 32.8 Å². The summed E-state index contributed by atoms with van der Waals surface area (Å²) in [4.78, 5) is 15.2. The van der Waals surface area contributed by atoms with E-state index in [0.29, 0.717) is 18.5 Å². The number of urea groups is 1. The van der Waals surface area contributed by atoms with Gasteiger partial charge < -0.3 is 11.6 Å². The number of hydrogen-bond donors (Lipinski definition) is 2. The summed E-state index contributed by atoms with van der Waals surface area (Å²) in [7, 11) is -0.348. The average Bonchev–Trinajstić information content (AvgIpc) is 3.50. The Hall–Kier alpha value is -1.59. The summed E-state index contributed by atoms with van der Waals surface area (Å²) in [6, 6.07) is 1.35. The number of nitrogens with zero attached hydrogens (tertiary/aromatic N) is 4. The Labute approximate surface area is 225 Å². The quantitative estimate of drug-likeness (QED) is 0.543. The van der Waals surface area contributed by atoms with Crippen LogP contribution in [0.3, 0.4) is 0 Å². The van der Waals surface area contributed by atoms with Crippen molar-refractivity contribution in [1.29, 1.82) is 0 Å². The summed E-state index contributed by atoms with van der Waals surface area (Å²) in [5, 5.41) is 7.09. The number of carbonyl (C=O) groups is 1. The first-order valence-corrected chi connectivity index (χ1v) is 13.2. The van der Waals surface area contributed by atoms with Crippen molar-refractivity contribution in [1.82, 2.24) is 19.4 Å². The number of rotatable bonds is 5. The zero-order chi connectivity index (χ0) is 23.2. The molecule has 2 aliphatic carbocycles. The number of carbonyl (C=O) groups excluding carboxylic acids is 1. The molecule has 2 amide bonds. The van der Waals surface area contributed by atoms with Crippen molar-refractivity contribution in [3.05, 3.63) is 40.7 Å². The average molecular weight is 497 g/mol. The predicted molar refractivity (Wildman–Crippen MR) is 129 cm³/mol. The number of fused-ring (bicyclic) bond motifs is 2. The minimum absolute atomic E-state index is 0. The van der Waals surface area contributed by atoms with Gasteiger partial charge in [-0.2, -0.15) is 13.5 Å². The molecule has 1 aromatic heterocycles. The molecular formula is C23H33N6NaO3S. The molecule has 1 aliphatic heterocycles. The number of amides is 2. The van der Waals surface area contributed by atoms with Gasteiger partial charge in [0.1, 0.15) is 0 Å². The number of nitrogens with one attached hydrogen (secondary N) is 2. The van der Waals surface area contributed by atoms with Crippen LogP contribution in [-0.2, 0) is 42.9 Å². The topological polar surface area (TPSA) is 99.6 Å². The van der Waals surface area contributed by atoms with Crippen LogP contribution in [0.5, 0.6) is 0 Å². The largest absolute Gasteiger partial charge is 1.00 e. The Bertz CT molecular complexity index is 1150. The van der Waals surface area contributed by atoms with E-state index in [9.17, 15) is 13.2 Å². The maximum atomic E-state index is 13.5. The van der Waals surface area contributed by atoms with Crippen LogP contribution in [0.4, 0.5) is 16.2 Å². The molecule has 0 atom stereocenters. The monoisotopic (exact) mass is 496 g/mol. The number of hydrogen-bond acceptors (Lipinski definition) is 5. The summed E-state index contributed by atoms with van der Waals surface area (Å²) in [5.74, 6) is 0. The van der Waals surface area contributed by atoms with Gasteiger partial charge in [0.2, 0.25) is 0 Å². The SMILES string of the molecule is CN1CCC(N(c2cnn(C)c2)S(=O)(=O)NC(=O)Nc2c3c(cc4c2CCC4)CCC3)CC1.[H-].[Na+]. The molecule has 34 heavy (non-hydrogen) atoms. The van der Waals surface area contributed by atoms with Gasteiger partial charge in [-0.1, -0.05) is 6.07 Å². The fraction of sp³-hybridized carbons (Fsp3) is 0.565. The third kappa shape index (κ3) is 5.02. The third-order valence-electron chi connectivity index (χ3n) is 7.16. The van der Waals surface area contributed by atoms with E-state index in [1.54, 1.807) is 17.9 Å². The second-order valence-corrected chi connectivity index (χ2v) is 11.0. The van der Waals surface area contributed by atoms with E-state index in [4.69, 9.17) is 0 Å². The Morgan fingerprint density at radius 2 is 1.71 bits per heavy atom.